The van der Waals surface area contributed by atoms with E-state index < -0.39 is 0 Å². The summed E-state index contributed by atoms with van der Waals surface area (Å²) in [6.07, 6.45) is 7.18. The molecule has 0 fully saturated rings. The average Bonchev–Trinajstić information content (AvgIpc) is 3.41. The van der Waals surface area contributed by atoms with Gasteiger partial charge in [-0.1, -0.05) is 5.16 Å². The van der Waals surface area contributed by atoms with E-state index in [0.29, 0.717) is 16.3 Å². The molecule has 3 aromatic heterocycles. The molecule has 0 saturated heterocycles. The Morgan fingerprint density at radius 1 is 1.15 bits per heavy atom. The molecule has 1 aliphatic heterocycles. The SMILES string of the molecule is Cc1noc(C)c1CSc1ncccc1C(=O)Nc1ccc(-c2ncc3n2CCCC3)cc1. The summed E-state index contributed by atoms with van der Waals surface area (Å²) in [7, 11) is 0. The predicted octanol–water partition coefficient (Wildman–Crippen LogP) is 5.43. The lowest BCUT2D eigenvalue weighted by atomic mass is 10.1. The molecule has 0 atom stereocenters. The molecule has 1 N–H and O–H groups in total. The van der Waals surface area contributed by atoms with Crippen molar-refractivity contribution in [3.63, 3.8) is 0 Å². The molecule has 168 valence electrons. The fourth-order valence-corrected chi connectivity index (χ4v) is 5.24. The molecule has 0 spiro atoms. The molecule has 7 nitrogen and oxygen atoms in total. The second kappa shape index (κ2) is 9.23. The number of hydrogen-bond donors (Lipinski definition) is 1. The number of thioether (sulfide) groups is 1. The fourth-order valence-electron chi connectivity index (χ4n) is 4.09. The highest BCUT2D eigenvalue weighted by Crippen LogP contribution is 2.29. The second-order valence-corrected chi connectivity index (χ2v) is 9.12. The number of hydrogen-bond acceptors (Lipinski definition) is 6. The van der Waals surface area contributed by atoms with Gasteiger partial charge in [-0.25, -0.2) is 9.97 Å². The van der Waals surface area contributed by atoms with Crippen LogP contribution >= 0.6 is 11.8 Å². The summed E-state index contributed by atoms with van der Waals surface area (Å²) >= 11 is 1.50. The van der Waals surface area contributed by atoms with Gasteiger partial charge in [0.2, 0.25) is 0 Å². The summed E-state index contributed by atoms with van der Waals surface area (Å²) in [6, 6.07) is 11.4. The number of carbonyl (C=O) groups excluding carboxylic acids is 1. The van der Waals surface area contributed by atoms with Crippen molar-refractivity contribution in [3.8, 4) is 11.4 Å². The van der Waals surface area contributed by atoms with Gasteiger partial charge in [0.1, 0.15) is 16.6 Å². The van der Waals surface area contributed by atoms with Crippen molar-refractivity contribution in [2.24, 2.45) is 0 Å². The third-order valence-corrected chi connectivity index (χ3v) is 6.99. The molecule has 4 aromatic rings. The highest BCUT2D eigenvalue weighted by Gasteiger charge is 2.17. The van der Waals surface area contributed by atoms with E-state index in [4.69, 9.17) is 4.52 Å². The van der Waals surface area contributed by atoms with Gasteiger partial charge in [-0.3, -0.25) is 4.79 Å². The van der Waals surface area contributed by atoms with Gasteiger partial charge in [-0.15, -0.1) is 11.8 Å². The quantitative estimate of drug-likeness (QED) is 0.387. The molecule has 0 bridgehead atoms. The van der Waals surface area contributed by atoms with Crippen LogP contribution in [0.2, 0.25) is 0 Å². The van der Waals surface area contributed by atoms with Gasteiger partial charge < -0.3 is 14.4 Å². The second-order valence-electron chi connectivity index (χ2n) is 8.16. The maximum atomic E-state index is 13.0. The molecule has 8 heteroatoms. The molecular formula is C25H25N5O2S. The van der Waals surface area contributed by atoms with Crippen LogP contribution in [0, 0.1) is 13.8 Å². The monoisotopic (exact) mass is 459 g/mol. The number of fused-ring (bicyclic) bond motifs is 1. The van der Waals surface area contributed by atoms with Gasteiger partial charge in [0.15, 0.2) is 0 Å². The van der Waals surface area contributed by atoms with Crippen molar-refractivity contribution in [1.29, 1.82) is 0 Å². The number of nitrogens with zero attached hydrogens (tertiary/aromatic N) is 4. The zero-order chi connectivity index (χ0) is 22.8. The van der Waals surface area contributed by atoms with Crippen LogP contribution in [0.5, 0.6) is 0 Å². The summed E-state index contributed by atoms with van der Waals surface area (Å²) in [5.41, 5.74) is 5.53. The minimum Gasteiger partial charge on any atom is -0.361 e. The summed E-state index contributed by atoms with van der Waals surface area (Å²) in [4.78, 5) is 22.1. The van der Waals surface area contributed by atoms with Crippen molar-refractivity contribution in [2.75, 3.05) is 5.32 Å². The van der Waals surface area contributed by atoms with Gasteiger partial charge >= 0.3 is 0 Å². The van der Waals surface area contributed by atoms with Crippen LogP contribution in [0.3, 0.4) is 0 Å². The maximum absolute atomic E-state index is 13.0. The van der Waals surface area contributed by atoms with E-state index in [9.17, 15) is 4.79 Å². The third-order valence-electron chi connectivity index (χ3n) is 5.95. The Kier molecular flexibility index (Phi) is 6.00. The van der Waals surface area contributed by atoms with E-state index in [1.54, 1.807) is 18.3 Å². The molecule has 0 saturated carbocycles. The normalized spacial score (nSPS) is 13.0. The number of imidazole rings is 1. The van der Waals surface area contributed by atoms with Crippen molar-refractivity contribution in [2.45, 2.75) is 50.4 Å². The van der Waals surface area contributed by atoms with Crippen LogP contribution < -0.4 is 5.32 Å². The van der Waals surface area contributed by atoms with Crippen molar-refractivity contribution in [3.05, 3.63) is 77.1 Å². The topological polar surface area (TPSA) is 85.8 Å². The zero-order valence-corrected chi connectivity index (χ0v) is 19.5. The van der Waals surface area contributed by atoms with E-state index in [-0.39, 0.29) is 5.91 Å². The Bertz CT molecular complexity index is 1270. The van der Waals surface area contributed by atoms with E-state index in [2.05, 4.69) is 25.0 Å². The predicted molar refractivity (Wildman–Crippen MR) is 128 cm³/mol. The van der Waals surface area contributed by atoms with Gasteiger partial charge in [-0.2, -0.15) is 0 Å². The molecular weight excluding hydrogens is 434 g/mol. The first-order valence-corrected chi connectivity index (χ1v) is 12.0. The summed E-state index contributed by atoms with van der Waals surface area (Å²) in [6.45, 7) is 4.82. The van der Waals surface area contributed by atoms with Crippen LogP contribution in [0.25, 0.3) is 11.4 Å². The molecule has 1 aromatic carbocycles. The van der Waals surface area contributed by atoms with Crippen molar-refractivity contribution in [1.82, 2.24) is 19.7 Å². The third kappa shape index (κ3) is 4.43. The number of aromatic nitrogens is 4. The van der Waals surface area contributed by atoms with Crippen LogP contribution in [0.4, 0.5) is 5.69 Å². The number of carbonyl (C=O) groups is 1. The van der Waals surface area contributed by atoms with Crippen LogP contribution in [-0.4, -0.2) is 25.6 Å². The highest BCUT2D eigenvalue weighted by molar-refractivity contribution is 7.98. The molecule has 33 heavy (non-hydrogen) atoms. The Morgan fingerprint density at radius 3 is 2.79 bits per heavy atom. The van der Waals surface area contributed by atoms with Gasteiger partial charge in [0.25, 0.3) is 5.91 Å². The first kappa shape index (κ1) is 21.5. The Hall–Kier alpha value is -3.39. The van der Waals surface area contributed by atoms with E-state index in [1.165, 1.54) is 30.3 Å². The van der Waals surface area contributed by atoms with E-state index >= 15 is 0 Å². The average molecular weight is 460 g/mol. The van der Waals surface area contributed by atoms with Crippen molar-refractivity contribution < 1.29 is 9.32 Å². The number of aryl methyl sites for hydroxylation is 3. The molecule has 1 amide bonds. The number of anilines is 1. The Labute approximate surface area is 196 Å². The number of rotatable bonds is 6. The standard InChI is InChI=1S/C25H25N5O2S/c1-16-22(17(2)32-29-16)15-33-25-21(7-5-12-26-25)24(31)28-19-10-8-18(9-11-19)23-27-14-20-6-3-4-13-30(20)23/h5,7-12,14H,3-4,6,13,15H2,1-2H3,(H,28,31). The Balaban J connectivity index is 1.30. The first-order chi connectivity index (χ1) is 16.1. The minimum atomic E-state index is -0.185. The van der Waals surface area contributed by atoms with Gasteiger partial charge in [-0.05, 0) is 69.5 Å². The van der Waals surface area contributed by atoms with E-state index in [0.717, 1.165) is 47.1 Å². The summed E-state index contributed by atoms with van der Waals surface area (Å²) < 4.78 is 7.54. The van der Waals surface area contributed by atoms with Crippen LogP contribution in [0.15, 0.2) is 58.3 Å². The first-order valence-electron chi connectivity index (χ1n) is 11.1. The number of nitrogens with one attached hydrogen (secondary N) is 1. The lowest BCUT2D eigenvalue weighted by Crippen LogP contribution is -2.13. The van der Waals surface area contributed by atoms with Crippen LogP contribution in [-0.2, 0) is 18.7 Å². The summed E-state index contributed by atoms with van der Waals surface area (Å²) in [5, 5.41) is 7.67. The number of benzene rings is 1. The number of pyridine rings is 1. The Morgan fingerprint density at radius 2 is 2.00 bits per heavy atom. The smallest absolute Gasteiger partial charge is 0.258 e. The molecule has 5 rings (SSSR count). The fraction of sp³-hybridized carbons (Fsp3) is 0.280. The molecule has 0 unspecified atom stereocenters. The minimum absolute atomic E-state index is 0.185. The molecule has 0 aliphatic carbocycles. The largest absolute Gasteiger partial charge is 0.361 e. The molecule has 0 radical (unpaired) electrons. The highest BCUT2D eigenvalue weighted by atomic mass is 32.2. The van der Waals surface area contributed by atoms with Crippen LogP contribution in [0.1, 0.15) is 45.9 Å². The van der Waals surface area contributed by atoms with Gasteiger partial charge in [0.05, 0.1) is 11.3 Å². The summed E-state index contributed by atoms with van der Waals surface area (Å²) in [5.74, 6) is 2.24. The maximum Gasteiger partial charge on any atom is 0.258 e. The molecule has 1 aliphatic rings. The van der Waals surface area contributed by atoms with E-state index in [1.807, 2.05) is 44.3 Å². The number of amides is 1. The lowest BCUT2D eigenvalue weighted by Gasteiger charge is -2.16. The lowest BCUT2D eigenvalue weighted by molar-refractivity contribution is 0.102. The zero-order valence-electron chi connectivity index (χ0n) is 18.7. The molecule has 4 heterocycles. The van der Waals surface area contributed by atoms with Gasteiger partial charge in [0, 0.05) is 47.2 Å². The van der Waals surface area contributed by atoms with Crippen molar-refractivity contribution >= 4 is 23.4 Å².